The van der Waals surface area contributed by atoms with Gasteiger partial charge in [0.25, 0.3) is 0 Å². The summed E-state index contributed by atoms with van der Waals surface area (Å²) < 4.78 is 0. The zero-order chi connectivity index (χ0) is 10.8. The summed E-state index contributed by atoms with van der Waals surface area (Å²) in [4.78, 5) is 17.5. The van der Waals surface area contributed by atoms with Crippen LogP contribution in [-0.2, 0) is 4.79 Å². The van der Waals surface area contributed by atoms with E-state index in [1.165, 1.54) is 0 Å². The van der Waals surface area contributed by atoms with Crippen LogP contribution < -0.4 is 5.73 Å². The van der Waals surface area contributed by atoms with E-state index in [2.05, 4.69) is 4.98 Å². The predicted molar refractivity (Wildman–Crippen MR) is 57.0 cm³/mol. The number of pyridine rings is 1. The van der Waals surface area contributed by atoms with Crippen LogP contribution in [0.1, 0.15) is 24.9 Å². The fourth-order valence-electron chi connectivity index (χ4n) is 2.17. The lowest BCUT2D eigenvalue weighted by Gasteiger charge is -2.25. The lowest BCUT2D eigenvalue weighted by molar-refractivity contribution is -0.128. The molecule has 80 valence electrons. The summed E-state index contributed by atoms with van der Waals surface area (Å²) in [6.45, 7) is 2.67. The summed E-state index contributed by atoms with van der Waals surface area (Å²) in [5.74, 6) is 0.138. The molecule has 1 aliphatic heterocycles. The van der Waals surface area contributed by atoms with Crippen LogP contribution >= 0.6 is 0 Å². The zero-order valence-corrected chi connectivity index (χ0v) is 8.76. The number of likely N-dealkylation sites (N-methyl/N-ethyl adjacent to an activating group) is 1. The smallest absolute Gasteiger partial charge is 0.224 e. The normalized spacial score (nSPS) is 26.0. The molecule has 1 aromatic rings. The molecule has 15 heavy (non-hydrogen) atoms. The first-order valence-electron chi connectivity index (χ1n) is 5.19. The second-order valence-corrected chi connectivity index (χ2v) is 3.78. The number of nitrogens with zero attached hydrogens (tertiary/aromatic N) is 2. The molecule has 1 amide bonds. The third-order valence-corrected chi connectivity index (χ3v) is 2.84. The molecule has 2 rings (SSSR count). The Kier molecular flexibility index (Phi) is 2.68. The molecule has 0 aliphatic carbocycles. The summed E-state index contributed by atoms with van der Waals surface area (Å²) >= 11 is 0. The maximum atomic E-state index is 11.6. The molecule has 0 radical (unpaired) electrons. The molecule has 1 aromatic heterocycles. The van der Waals surface area contributed by atoms with Gasteiger partial charge >= 0.3 is 0 Å². The van der Waals surface area contributed by atoms with Crippen molar-refractivity contribution in [1.29, 1.82) is 0 Å². The van der Waals surface area contributed by atoms with E-state index >= 15 is 0 Å². The first-order chi connectivity index (χ1) is 7.24. The summed E-state index contributed by atoms with van der Waals surface area (Å²) in [7, 11) is 0. The monoisotopic (exact) mass is 205 g/mol. The van der Waals surface area contributed by atoms with Crippen molar-refractivity contribution in [2.75, 3.05) is 6.54 Å². The number of rotatable bonds is 2. The molecule has 0 bridgehead atoms. The third-order valence-electron chi connectivity index (χ3n) is 2.84. The van der Waals surface area contributed by atoms with Crippen LogP contribution in [0.5, 0.6) is 0 Å². The minimum absolute atomic E-state index is 0.00352. The molecule has 4 heteroatoms. The van der Waals surface area contributed by atoms with Gasteiger partial charge in [0, 0.05) is 31.4 Å². The summed E-state index contributed by atoms with van der Waals surface area (Å²) in [6, 6.07) is 3.73. The van der Waals surface area contributed by atoms with Crippen LogP contribution in [0.4, 0.5) is 0 Å². The number of amides is 1. The first-order valence-corrected chi connectivity index (χ1v) is 5.19. The lowest BCUT2D eigenvalue weighted by atomic mass is 10.0. The van der Waals surface area contributed by atoms with E-state index in [1.807, 2.05) is 24.0 Å². The maximum absolute atomic E-state index is 11.6. The molecule has 2 N–H and O–H groups in total. The molecule has 0 spiro atoms. The molecule has 1 saturated heterocycles. The minimum atomic E-state index is -0.110. The third kappa shape index (κ3) is 1.72. The standard InChI is InChI=1S/C11H15N3O/c1-2-14-10(15)6-9(12)11(14)8-4-3-5-13-7-8/h3-5,7,9,11H,2,6,12H2,1H3/t9-,11+/m1/s1. The average Bonchev–Trinajstić information content (AvgIpc) is 2.54. The predicted octanol–water partition coefficient (Wildman–Crippen LogP) is 0.702. The maximum Gasteiger partial charge on any atom is 0.224 e. The van der Waals surface area contributed by atoms with Crippen molar-refractivity contribution in [2.45, 2.75) is 25.4 Å². The van der Waals surface area contributed by atoms with Gasteiger partial charge in [0.1, 0.15) is 0 Å². The largest absolute Gasteiger partial charge is 0.334 e. The Bertz CT molecular complexity index is 352. The summed E-state index contributed by atoms with van der Waals surface area (Å²) in [6.07, 6.45) is 3.95. The van der Waals surface area contributed by atoms with E-state index in [9.17, 15) is 4.79 Å². The van der Waals surface area contributed by atoms with Gasteiger partial charge in [-0.05, 0) is 18.6 Å². The molecular weight excluding hydrogens is 190 g/mol. The van der Waals surface area contributed by atoms with E-state index in [4.69, 9.17) is 5.73 Å². The van der Waals surface area contributed by atoms with Crippen molar-refractivity contribution in [1.82, 2.24) is 9.88 Å². The van der Waals surface area contributed by atoms with E-state index < -0.39 is 0 Å². The molecule has 0 unspecified atom stereocenters. The number of hydrogen-bond acceptors (Lipinski definition) is 3. The van der Waals surface area contributed by atoms with Crippen LogP contribution in [0.15, 0.2) is 24.5 Å². The van der Waals surface area contributed by atoms with Crippen molar-refractivity contribution in [3.8, 4) is 0 Å². The topological polar surface area (TPSA) is 59.2 Å². The Morgan fingerprint density at radius 3 is 3.07 bits per heavy atom. The van der Waals surface area contributed by atoms with Gasteiger partial charge in [0.05, 0.1) is 6.04 Å². The van der Waals surface area contributed by atoms with E-state index in [-0.39, 0.29) is 18.0 Å². The van der Waals surface area contributed by atoms with Gasteiger partial charge in [-0.25, -0.2) is 0 Å². The fourth-order valence-corrected chi connectivity index (χ4v) is 2.17. The molecule has 2 heterocycles. The highest BCUT2D eigenvalue weighted by molar-refractivity contribution is 5.80. The van der Waals surface area contributed by atoms with Crippen molar-refractivity contribution < 1.29 is 4.79 Å². The molecule has 4 nitrogen and oxygen atoms in total. The highest BCUT2D eigenvalue weighted by atomic mass is 16.2. The summed E-state index contributed by atoms with van der Waals surface area (Å²) in [5.41, 5.74) is 7.00. The van der Waals surface area contributed by atoms with Gasteiger partial charge in [-0.1, -0.05) is 6.07 Å². The molecule has 0 aromatic carbocycles. The molecular formula is C11H15N3O. The van der Waals surface area contributed by atoms with Gasteiger partial charge in [0.15, 0.2) is 0 Å². The molecule has 2 atom stereocenters. The number of hydrogen-bond donors (Lipinski definition) is 1. The average molecular weight is 205 g/mol. The molecule has 1 aliphatic rings. The number of carbonyl (C=O) groups excluding carboxylic acids is 1. The Morgan fingerprint density at radius 2 is 2.47 bits per heavy atom. The van der Waals surface area contributed by atoms with Crippen molar-refractivity contribution >= 4 is 5.91 Å². The second-order valence-electron chi connectivity index (χ2n) is 3.78. The Balaban J connectivity index is 2.31. The zero-order valence-electron chi connectivity index (χ0n) is 8.76. The van der Waals surface area contributed by atoms with E-state index in [0.717, 1.165) is 5.56 Å². The van der Waals surface area contributed by atoms with Crippen LogP contribution in [0.2, 0.25) is 0 Å². The van der Waals surface area contributed by atoms with Gasteiger partial charge in [-0.2, -0.15) is 0 Å². The van der Waals surface area contributed by atoms with Crippen molar-refractivity contribution in [2.24, 2.45) is 5.73 Å². The highest BCUT2D eigenvalue weighted by Gasteiger charge is 2.37. The van der Waals surface area contributed by atoms with Gasteiger partial charge < -0.3 is 10.6 Å². The van der Waals surface area contributed by atoms with E-state index in [1.54, 1.807) is 12.4 Å². The number of likely N-dealkylation sites (tertiary alicyclic amines) is 1. The van der Waals surface area contributed by atoms with Crippen LogP contribution in [0.3, 0.4) is 0 Å². The number of aromatic nitrogens is 1. The Labute approximate surface area is 89.1 Å². The second kappa shape index (κ2) is 3.98. The Hall–Kier alpha value is -1.42. The SMILES string of the molecule is CCN1C(=O)C[C@@H](N)[C@@H]1c1cccnc1. The highest BCUT2D eigenvalue weighted by Crippen LogP contribution is 2.30. The van der Waals surface area contributed by atoms with Crippen LogP contribution in [0.25, 0.3) is 0 Å². The Morgan fingerprint density at radius 1 is 1.67 bits per heavy atom. The number of carbonyl (C=O) groups is 1. The first kappa shape index (κ1) is 10.1. The van der Waals surface area contributed by atoms with Crippen molar-refractivity contribution in [3.05, 3.63) is 30.1 Å². The molecule has 0 saturated carbocycles. The summed E-state index contributed by atoms with van der Waals surface area (Å²) in [5, 5.41) is 0. The van der Waals surface area contributed by atoms with Gasteiger partial charge in [-0.3, -0.25) is 9.78 Å². The van der Waals surface area contributed by atoms with Gasteiger partial charge in [-0.15, -0.1) is 0 Å². The van der Waals surface area contributed by atoms with E-state index in [0.29, 0.717) is 13.0 Å². The number of nitrogens with two attached hydrogens (primary N) is 1. The lowest BCUT2D eigenvalue weighted by Crippen LogP contribution is -2.32. The van der Waals surface area contributed by atoms with Crippen molar-refractivity contribution in [3.63, 3.8) is 0 Å². The fraction of sp³-hybridized carbons (Fsp3) is 0.455. The minimum Gasteiger partial charge on any atom is -0.334 e. The van der Waals surface area contributed by atoms with Crippen LogP contribution in [0, 0.1) is 0 Å². The van der Waals surface area contributed by atoms with Gasteiger partial charge in [0.2, 0.25) is 5.91 Å². The molecule has 1 fully saturated rings. The quantitative estimate of drug-likeness (QED) is 0.773. The van der Waals surface area contributed by atoms with Crippen LogP contribution in [-0.4, -0.2) is 28.4 Å².